The van der Waals surface area contributed by atoms with E-state index in [0.717, 1.165) is 40.5 Å². The van der Waals surface area contributed by atoms with Gasteiger partial charge in [-0.25, -0.2) is 13.2 Å². The molecular formula is C21H17NO5S2. The standard InChI is InChI=1S/C21H17NO5S2/c23-21(20-19(9-12-28-20)29(24,25)22-10-3-4-11-22)26-14-7-8-18-16(13-14)15-5-1-2-6-17(15)27-18/h1-2,5-9,12-13H,3-4,10-11H2. The van der Waals surface area contributed by atoms with Crippen LogP contribution in [-0.4, -0.2) is 31.8 Å². The Bertz CT molecular complexity index is 1330. The van der Waals surface area contributed by atoms with E-state index in [1.165, 1.54) is 10.4 Å². The number of carbonyl (C=O) groups is 1. The lowest BCUT2D eigenvalue weighted by atomic mass is 10.1. The van der Waals surface area contributed by atoms with Gasteiger partial charge in [0, 0.05) is 23.9 Å². The largest absolute Gasteiger partial charge is 0.456 e. The lowest BCUT2D eigenvalue weighted by molar-refractivity contribution is 0.0736. The van der Waals surface area contributed by atoms with Gasteiger partial charge in [-0.1, -0.05) is 18.2 Å². The summed E-state index contributed by atoms with van der Waals surface area (Å²) in [5, 5.41) is 3.36. The number of nitrogens with zero attached hydrogens (tertiary/aromatic N) is 1. The highest BCUT2D eigenvalue weighted by molar-refractivity contribution is 7.89. The zero-order valence-electron chi connectivity index (χ0n) is 15.3. The van der Waals surface area contributed by atoms with Gasteiger partial charge in [-0.15, -0.1) is 11.3 Å². The number of sulfonamides is 1. The third kappa shape index (κ3) is 3.13. The predicted octanol–water partition coefficient (Wildman–Crippen LogP) is 4.65. The van der Waals surface area contributed by atoms with Gasteiger partial charge in [-0.3, -0.25) is 0 Å². The molecule has 148 valence electrons. The Balaban J connectivity index is 1.47. The summed E-state index contributed by atoms with van der Waals surface area (Å²) in [6.07, 6.45) is 1.67. The molecule has 0 spiro atoms. The summed E-state index contributed by atoms with van der Waals surface area (Å²) in [5.74, 6) is -0.336. The van der Waals surface area contributed by atoms with E-state index in [1.54, 1.807) is 23.6 Å². The summed E-state index contributed by atoms with van der Waals surface area (Å²) in [5.41, 5.74) is 1.45. The van der Waals surface area contributed by atoms with Gasteiger partial charge in [0.2, 0.25) is 10.0 Å². The number of para-hydroxylation sites is 1. The number of furan rings is 1. The van der Waals surface area contributed by atoms with Crippen molar-refractivity contribution in [2.75, 3.05) is 13.1 Å². The second-order valence-corrected chi connectivity index (χ2v) is 9.69. The van der Waals surface area contributed by atoms with Crippen LogP contribution in [0.15, 0.2) is 63.2 Å². The number of benzene rings is 2. The van der Waals surface area contributed by atoms with Crippen molar-refractivity contribution in [2.45, 2.75) is 17.7 Å². The second kappa shape index (κ2) is 6.98. The lowest BCUT2D eigenvalue weighted by Gasteiger charge is -2.15. The molecule has 3 heterocycles. The molecule has 0 radical (unpaired) electrons. The Morgan fingerprint density at radius 1 is 1.00 bits per heavy atom. The summed E-state index contributed by atoms with van der Waals surface area (Å²) in [6.45, 7) is 0.966. The van der Waals surface area contributed by atoms with Gasteiger partial charge in [-0.05, 0) is 48.6 Å². The molecule has 1 aliphatic rings. The van der Waals surface area contributed by atoms with Crippen LogP contribution in [0.5, 0.6) is 5.75 Å². The molecule has 1 saturated heterocycles. The molecule has 0 saturated carbocycles. The fourth-order valence-electron chi connectivity index (χ4n) is 3.64. The van der Waals surface area contributed by atoms with Crippen LogP contribution < -0.4 is 4.74 Å². The Labute approximate surface area is 171 Å². The number of thiophene rings is 1. The van der Waals surface area contributed by atoms with Gasteiger partial charge in [0.1, 0.15) is 26.7 Å². The lowest BCUT2D eigenvalue weighted by Crippen LogP contribution is -2.29. The maximum Gasteiger partial charge on any atom is 0.355 e. The summed E-state index contributed by atoms with van der Waals surface area (Å²) < 4.78 is 38.5. The smallest absolute Gasteiger partial charge is 0.355 e. The van der Waals surface area contributed by atoms with E-state index in [9.17, 15) is 13.2 Å². The molecule has 0 amide bonds. The minimum atomic E-state index is -3.69. The molecule has 1 fully saturated rings. The van der Waals surface area contributed by atoms with Crippen LogP contribution in [0.3, 0.4) is 0 Å². The molecule has 29 heavy (non-hydrogen) atoms. The number of hydrogen-bond acceptors (Lipinski definition) is 6. The van der Waals surface area contributed by atoms with E-state index in [-0.39, 0.29) is 9.77 Å². The SMILES string of the molecule is O=C(Oc1ccc2oc3ccccc3c2c1)c1sccc1S(=O)(=O)N1CCCC1. The van der Waals surface area contributed by atoms with Crippen LogP contribution in [0.25, 0.3) is 21.9 Å². The first kappa shape index (κ1) is 18.4. The van der Waals surface area contributed by atoms with Crippen LogP contribution >= 0.6 is 11.3 Å². The molecule has 1 aliphatic heterocycles. The van der Waals surface area contributed by atoms with Crippen molar-refractivity contribution in [3.05, 3.63) is 58.8 Å². The normalized spacial score (nSPS) is 15.3. The van der Waals surface area contributed by atoms with Crippen molar-refractivity contribution in [3.63, 3.8) is 0 Å². The highest BCUT2D eigenvalue weighted by Crippen LogP contribution is 2.33. The topological polar surface area (TPSA) is 76.8 Å². The monoisotopic (exact) mass is 427 g/mol. The number of rotatable bonds is 4. The number of esters is 1. The van der Waals surface area contributed by atoms with Gasteiger partial charge in [-0.2, -0.15) is 4.31 Å². The van der Waals surface area contributed by atoms with Crippen molar-refractivity contribution in [3.8, 4) is 5.75 Å². The van der Waals surface area contributed by atoms with Crippen LogP contribution in [0.4, 0.5) is 0 Å². The van der Waals surface area contributed by atoms with Crippen molar-refractivity contribution < 1.29 is 22.4 Å². The van der Waals surface area contributed by atoms with E-state index in [1.807, 2.05) is 24.3 Å². The summed E-state index contributed by atoms with van der Waals surface area (Å²) in [7, 11) is -3.69. The molecule has 6 nitrogen and oxygen atoms in total. The van der Waals surface area contributed by atoms with Gasteiger partial charge < -0.3 is 9.15 Å². The summed E-state index contributed by atoms with van der Waals surface area (Å²) in [6, 6.07) is 14.2. The maximum atomic E-state index is 12.9. The molecular weight excluding hydrogens is 410 g/mol. The minimum absolute atomic E-state index is 0.0178. The van der Waals surface area contributed by atoms with Gasteiger partial charge in [0.05, 0.1) is 0 Å². The maximum absolute atomic E-state index is 12.9. The van der Waals surface area contributed by atoms with Crippen LogP contribution in [0.2, 0.25) is 0 Å². The van der Waals surface area contributed by atoms with Crippen molar-refractivity contribution >= 4 is 49.3 Å². The number of carbonyl (C=O) groups excluding carboxylic acids is 1. The average molecular weight is 428 g/mol. The van der Waals surface area contributed by atoms with Gasteiger partial charge >= 0.3 is 5.97 Å². The molecule has 0 atom stereocenters. The second-order valence-electron chi connectivity index (χ2n) is 6.87. The molecule has 0 bridgehead atoms. The fraction of sp³-hybridized carbons (Fsp3) is 0.190. The van der Waals surface area contributed by atoms with Crippen LogP contribution in [-0.2, 0) is 10.0 Å². The van der Waals surface area contributed by atoms with E-state index < -0.39 is 16.0 Å². The Kier molecular flexibility index (Phi) is 4.42. The third-order valence-electron chi connectivity index (χ3n) is 5.06. The van der Waals surface area contributed by atoms with Gasteiger partial charge in [0.25, 0.3) is 0 Å². The van der Waals surface area contributed by atoms with E-state index in [2.05, 4.69) is 0 Å². The first-order valence-corrected chi connectivity index (χ1v) is 11.6. The summed E-state index contributed by atoms with van der Waals surface area (Å²) in [4.78, 5) is 12.9. The van der Waals surface area contributed by atoms with E-state index >= 15 is 0 Å². The summed E-state index contributed by atoms with van der Waals surface area (Å²) >= 11 is 1.07. The highest BCUT2D eigenvalue weighted by atomic mass is 32.2. The minimum Gasteiger partial charge on any atom is -0.456 e. The quantitative estimate of drug-likeness (QED) is 0.350. The molecule has 5 rings (SSSR count). The molecule has 4 aromatic rings. The number of hydrogen-bond donors (Lipinski definition) is 0. The van der Waals surface area contributed by atoms with Crippen LogP contribution in [0, 0.1) is 0 Å². The van der Waals surface area contributed by atoms with E-state index in [0.29, 0.717) is 24.4 Å². The fourth-order valence-corrected chi connectivity index (χ4v) is 6.42. The number of ether oxygens (including phenoxy) is 1. The first-order valence-electron chi connectivity index (χ1n) is 9.25. The molecule has 8 heteroatoms. The molecule has 2 aromatic carbocycles. The average Bonchev–Trinajstić information content (AvgIpc) is 3.46. The highest BCUT2D eigenvalue weighted by Gasteiger charge is 2.32. The zero-order valence-corrected chi connectivity index (χ0v) is 17.0. The molecule has 0 N–H and O–H groups in total. The van der Waals surface area contributed by atoms with Crippen molar-refractivity contribution in [1.29, 1.82) is 0 Å². The zero-order chi connectivity index (χ0) is 20.0. The first-order chi connectivity index (χ1) is 14.0. The molecule has 2 aromatic heterocycles. The van der Waals surface area contributed by atoms with E-state index in [4.69, 9.17) is 9.15 Å². The molecule has 0 unspecified atom stereocenters. The third-order valence-corrected chi connectivity index (χ3v) is 8.02. The van der Waals surface area contributed by atoms with Crippen molar-refractivity contribution in [1.82, 2.24) is 4.31 Å². The number of fused-ring (bicyclic) bond motifs is 3. The Morgan fingerprint density at radius 3 is 2.59 bits per heavy atom. The molecule has 0 aliphatic carbocycles. The Hall–Kier alpha value is -2.68. The van der Waals surface area contributed by atoms with Gasteiger partial charge in [0.15, 0.2) is 0 Å². The van der Waals surface area contributed by atoms with Crippen molar-refractivity contribution in [2.24, 2.45) is 0 Å². The predicted molar refractivity (Wildman–Crippen MR) is 111 cm³/mol. The van der Waals surface area contributed by atoms with Crippen LogP contribution in [0.1, 0.15) is 22.5 Å². The Morgan fingerprint density at radius 2 is 1.76 bits per heavy atom.